The maximum absolute atomic E-state index is 11.9. The Hall–Kier alpha value is -0.220. The zero-order valence-corrected chi connectivity index (χ0v) is 6.59. The van der Waals surface area contributed by atoms with Crippen LogP contribution in [-0.4, -0.2) is 43.7 Å². The Bertz CT molecular complexity index is 119. The number of hydrogen-bond acceptors (Lipinski definition) is 2. The van der Waals surface area contributed by atoms with Gasteiger partial charge in [-0.05, 0) is 6.92 Å². The van der Waals surface area contributed by atoms with E-state index in [2.05, 4.69) is 0 Å². The minimum atomic E-state index is -2.22. The summed E-state index contributed by atoms with van der Waals surface area (Å²) in [4.78, 5) is 1.73. The summed E-state index contributed by atoms with van der Waals surface area (Å²) in [6, 6.07) is 0. The molecule has 2 nitrogen and oxygen atoms in total. The van der Waals surface area contributed by atoms with E-state index in [0.29, 0.717) is 19.7 Å². The molecule has 1 fully saturated rings. The Balaban J connectivity index is 2.23. The zero-order valence-electron chi connectivity index (χ0n) is 6.59. The van der Waals surface area contributed by atoms with Gasteiger partial charge in [0.05, 0.1) is 19.3 Å². The molecule has 0 bridgehead atoms. The number of ether oxygens (including phenoxy) is 1. The lowest BCUT2D eigenvalue weighted by atomic mass is 10.3. The van der Waals surface area contributed by atoms with E-state index in [0.717, 1.165) is 0 Å². The number of nitrogens with zero attached hydrogens (tertiary/aromatic N) is 1. The molecule has 0 N–H and O–H groups in total. The normalized spacial score (nSPS) is 27.8. The van der Waals surface area contributed by atoms with Gasteiger partial charge in [-0.15, -0.1) is 0 Å². The molecular formula is C7H13F2NO. The van der Waals surface area contributed by atoms with E-state index < -0.39 is 6.43 Å². The fourth-order valence-electron chi connectivity index (χ4n) is 1.25. The molecule has 0 radical (unpaired) electrons. The minimum Gasteiger partial charge on any atom is -0.376 e. The molecule has 1 rings (SSSR count). The first-order valence-electron chi connectivity index (χ1n) is 3.80. The highest BCUT2D eigenvalue weighted by Gasteiger charge is 2.19. The lowest BCUT2D eigenvalue weighted by Crippen LogP contribution is -2.43. The Labute approximate surface area is 65.1 Å². The van der Waals surface area contributed by atoms with Gasteiger partial charge in [-0.3, -0.25) is 4.90 Å². The molecule has 0 unspecified atom stereocenters. The summed E-state index contributed by atoms with van der Waals surface area (Å²) < 4.78 is 28.9. The van der Waals surface area contributed by atoms with Crippen molar-refractivity contribution in [2.45, 2.75) is 19.5 Å². The van der Waals surface area contributed by atoms with Gasteiger partial charge in [0, 0.05) is 13.1 Å². The average molecular weight is 165 g/mol. The molecule has 0 amide bonds. The molecule has 0 aliphatic carbocycles. The van der Waals surface area contributed by atoms with E-state index in [1.165, 1.54) is 0 Å². The third-order valence-corrected chi connectivity index (χ3v) is 1.72. The number of hydrogen-bond donors (Lipinski definition) is 0. The van der Waals surface area contributed by atoms with Crippen molar-refractivity contribution in [3.63, 3.8) is 0 Å². The van der Waals surface area contributed by atoms with Crippen molar-refractivity contribution in [2.24, 2.45) is 0 Å². The Kier molecular flexibility index (Phi) is 3.20. The van der Waals surface area contributed by atoms with Gasteiger partial charge in [-0.2, -0.15) is 0 Å². The maximum atomic E-state index is 11.9. The summed E-state index contributed by atoms with van der Waals surface area (Å²) in [5.74, 6) is 0. The van der Waals surface area contributed by atoms with Gasteiger partial charge < -0.3 is 4.74 Å². The van der Waals surface area contributed by atoms with E-state index in [4.69, 9.17) is 4.74 Å². The second-order valence-corrected chi connectivity index (χ2v) is 2.83. The molecule has 11 heavy (non-hydrogen) atoms. The van der Waals surface area contributed by atoms with Crippen LogP contribution in [0.15, 0.2) is 0 Å². The van der Waals surface area contributed by atoms with Crippen LogP contribution in [0.5, 0.6) is 0 Å². The SMILES string of the molecule is C[C@H]1CN(CC(F)F)CCO1. The summed E-state index contributed by atoms with van der Waals surface area (Å²) >= 11 is 0. The van der Waals surface area contributed by atoms with Gasteiger partial charge in [-0.25, -0.2) is 8.78 Å². The van der Waals surface area contributed by atoms with Crippen LogP contribution in [0.2, 0.25) is 0 Å². The second-order valence-electron chi connectivity index (χ2n) is 2.83. The lowest BCUT2D eigenvalue weighted by molar-refractivity contribution is -0.0360. The zero-order chi connectivity index (χ0) is 8.27. The number of halogens is 2. The number of alkyl halides is 2. The molecule has 1 aliphatic heterocycles. The molecular weight excluding hydrogens is 152 g/mol. The minimum absolute atomic E-state index is 0.0995. The predicted molar refractivity (Wildman–Crippen MR) is 37.9 cm³/mol. The molecule has 1 saturated heterocycles. The molecule has 0 aromatic heterocycles. The van der Waals surface area contributed by atoms with Gasteiger partial charge in [0.2, 0.25) is 0 Å². The Morgan fingerprint density at radius 1 is 1.64 bits per heavy atom. The van der Waals surface area contributed by atoms with E-state index >= 15 is 0 Å². The molecule has 0 spiro atoms. The Morgan fingerprint density at radius 3 is 2.91 bits per heavy atom. The standard InChI is InChI=1S/C7H13F2NO/c1-6-4-10(2-3-11-6)5-7(8)9/h6-7H,2-5H2,1H3/t6-/m0/s1. The largest absolute Gasteiger partial charge is 0.376 e. The van der Waals surface area contributed by atoms with Crippen molar-refractivity contribution in [1.82, 2.24) is 4.90 Å². The quantitative estimate of drug-likeness (QED) is 0.604. The van der Waals surface area contributed by atoms with Gasteiger partial charge >= 0.3 is 0 Å². The highest BCUT2D eigenvalue weighted by molar-refractivity contribution is 4.68. The average Bonchev–Trinajstić information content (AvgIpc) is 1.85. The van der Waals surface area contributed by atoms with Gasteiger partial charge in [0.15, 0.2) is 0 Å². The van der Waals surface area contributed by atoms with Gasteiger partial charge in [0.25, 0.3) is 6.43 Å². The van der Waals surface area contributed by atoms with Crippen molar-refractivity contribution in [2.75, 3.05) is 26.2 Å². The fraction of sp³-hybridized carbons (Fsp3) is 1.00. The van der Waals surface area contributed by atoms with Crippen LogP contribution in [0.25, 0.3) is 0 Å². The number of morpholine rings is 1. The van der Waals surface area contributed by atoms with E-state index in [-0.39, 0.29) is 12.6 Å². The molecule has 1 aliphatic rings. The predicted octanol–water partition coefficient (Wildman–Crippen LogP) is 0.972. The maximum Gasteiger partial charge on any atom is 0.251 e. The summed E-state index contributed by atoms with van der Waals surface area (Å²) in [5, 5.41) is 0. The Morgan fingerprint density at radius 2 is 2.36 bits per heavy atom. The fourth-order valence-corrected chi connectivity index (χ4v) is 1.25. The van der Waals surface area contributed by atoms with E-state index in [1.54, 1.807) is 4.90 Å². The summed E-state index contributed by atoms with van der Waals surface area (Å²) in [6.45, 7) is 3.62. The molecule has 0 aromatic rings. The first-order chi connectivity index (χ1) is 5.18. The molecule has 0 aromatic carbocycles. The number of rotatable bonds is 2. The highest BCUT2D eigenvalue weighted by Crippen LogP contribution is 2.06. The highest BCUT2D eigenvalue weighted by atomic mass is 19.3. The smallest absolute Gasteiger partial charge is 0.251 e. The molecule has 66 valence electrons. The third-order valence-electron chi connectivity index (χ3n) is 1.72. The van der Waals surface area contributed by atoms with Crippen LogP contribution in [0.4, 0.5) is 8.78 Å². The van der Waals surface area contributed by atoms with Crippen molar-refractivity contribution >= 4 is 0 Å². The van der Waals surface area contributed by atoms with Crippen molar-refractivity contribution in [3.05, 3.63) is 0 Å². The second kappa shape index (κ2) is 3.97. The van der Waals surface area contributed by atoms with Crippen LogP contribution in [0, 0.1) is 0 Å². The lowest BCUT2D eigenvalue weighted by Gasteiger charge is -2.30. The van der Waals surface area contributed by atoms with Crippen LogP contribution in [0.1, 0.15) is 6.92 Å². The molecule has 1 heterocycles. The molecule has 0 saturated carbocycles. The van der Waals surface area contributed by atoms with Crippen molar-refractivity contribution < 1.29 is 13.5 Å². The van der Waals surface area contributed by atoms with E-state index in [1.807, 2.05) is 6.92 Å². The molecule has 4 heteroatoms. The third kappa shape index (κ3) is 3.12. The van der Waals surface area contributed by atoms with Crippen LogP contribution < -0.4 is 0 Å². The topological polar surface area (TPSA) is 12.5 Å². The summed E-state index contributed by atoms with van der Waals surface area (Å²) in [6.07, 6.45) is -2.12. The van der Waals surface area contributed by atoms with Crippen LogP contribution in [-0.2, 0) is 4.74 Å². The summed E-state index contributed by atoms with van der Waals surface area (Å²) in [7, 11) is 0. The monoisotopic (exact) mass is 165 g/mol. The van der Waals surface area contributed by atoms with Crippen molar-refractivity contribution in [3.8, 4) is 0 Å². The van der Waals surface area contributed by atoms with Gasteiger partial charge in [0.1, 0.15) is 0 Å². The van der Waals surface area contributed by atoms with Gasteiger partial charge in [-0.1, -0.05) is 0 Å². The van der Waals surface area contributed by atoms with E-state index in [9.17, 15) is 8.78 Å². The van der Waals surface area contributed by atoms with Crippen LogP contribution >= 0.6 is 0 Å². The molecule has 1 atom stereocenters. The summed E-state index contributed by atoms with van der Waals surface area (Å²) in [5.41, 5.74) is 0. The van der Waals surface area contributed by atoms with Crippen molar-refractivity contribution in [1.29, 1.82) is 0 Å². The van der Waals surface area contributed by atoms with Crippen LogP contribution in [0.3, 0.4) is 0 Å². The first kappa shape index (κ1) is 8.87. The first-order valence-corrected chi connectivity index (χ1v) is 3.80.